The van der Waals surface area contributed by atoms with Gasteiger partial charge in [0.25, 0.3) is 0 Å². The topological polar surface area (TPSA) is 51.6 Å². The summed E-state index contributed by atoms with van der Waals surface area (Å²) in [5, 5.41) is 4.20. The van der Waals surface area contributed by atoms with Crippen molar-refractivity contribution in [3.63, 3.8) is 0 Å². The molecule has 6 rings (SSSR count). The smallest absolute Gasteiger partial charge is 0.174 e. The molecular weight excluding hydrogens is 504 g/mol. The lowest BCUT2D eigenvalue weighted by Crippen LogP contribution is -2.30. The maximum Gasteiger partial charge on any atom is 0.174 e. The van der Waals surface area contributed by atoms with E-state index in [-0.39, 0.29) is 12.1 Å². The number of nitrogens with one attached hydrogen (secondary N) is 1. The Bertz CT molecular complexity index is 1580. The summed E-state index contributed by atoms with van der Waals surface area (Å²) in [5.41, 5.74) is 5.36. The zero-order chi connectivity index (χ0) is 26.8. The van der Waals surface area contributed by atoms with Gasteiger partial charge in [-0.1, -0.05) is 24.3 Å². The van der Waals surface area contributed by atoms with Crippen LogP contribution in [0.4, 0.5) is 5.69 Å². The van der Waals surface area contributed by atoms with Crippen LogP contribution < -0.4 is 19.7 Å². The Morgan fingerprint density at radius 1 is 0.795 bits per heavy atom. The molecule has 0 amide bonds. The van der Waals surface area contributed by atoms with Crippen LogP contribution in [0, 0.1) is 6.92 Å². The van der Waals surface area contributed by atoms with Crippen LogP contribution in [0.3, 0.4) is 0 Å². The van der Waals surface area contributed by atoms with Crippen molar-refractivity contribution in [3.8, 4) is 22.9 Å². The third-order valence-electron chi connectivity index (χ3n) is 6.97. The van der Waals surface area contributed by atoms with Gasteiger partial charge in [0.2, 0.25) is 0 Å². The quantitative estimate of drug-likeness (QED) is 0.225. The van der Waals surface area contributed by atoms with Crippen molar-refractivity contribution in [1.82, 2.24) is 14.9 Å². The first-order chi connectivity index (χ1) is 19.1. The van der Waals surface area contributed by atoms with Crippen molar-refractivity contribution in [2.24, 2.45) is 0 Å². The summed E-state index contributed by atoms with van der Waals surface area (Å²) in [6.45, 7) is 2.13. The Morgan fingerprint density at radius 2 is 1.49 bits per heavy atom. The zero-order valence-electron chi connectivity index (χ0n) is 21.7. The molecule has 1 aliphatic heterocycles. The molecule has 39 heavy (non-hydrogen) atoms. The van der Waals surface area contributed by atoms with Crippen molar-refractivity contribution < 1.29 is 9.47 Å². The van der Waals surface area contributed by atoms with Crippen LogP contribution in [0.15, 0.2) is 116 Å². The minimum absolute atomic E-state index is 0.129. The van der Waals surface area contributed by atoms with E-state index in [9.17, 15) is 0 Å². The van der Waals surface area contributed by atoms with Crippen molar-refractivity contribution >= 4 is 23.0 Å². The number of para-hydroxylation sites is 1. The summed E-state index contributed by atoms with van der Waals surface area (Å²) in [5.74, 6) is 2.27. The normalized spacial score (nSPS) is 16.7. The van der Waals surface area contributed by atoms with Gasteiger partial charge in [-0.25, -0.2) is 0 Å². The zero-order valence-corrected chi connectivity index (χ0v) is 22.5. The van der Waals surface area contributed by atoms with Crippen molar-refractivity contribution in [1.29, 1.82) is 0 Å². The first-order valence-electron chi connectivity index (χ1n) is 12.8. The van der Waals surface area contributed by atoms with Gasteiger partial charge in [-0.2, -0.15) is 0 Å². The van der Waals surface area contributed by atoms with Crippen molar-refractivity contribution in [3.05, 3.63) is 132 Å². The molecule has 0 aliphatic carbocycles. The minimum atomic E-state index is -0.133. The van der Waals surface area contributed by atoms with Gasteiger partial charge >= 0.3 is 0 Å². The van der Waals surface area contributed by atoms with Crippen LogP contribution in [-0.2, 0) is 0 Å². The highest BCUT2D eigenvalue weighted by atomic mass is 32.1. The fourth-order valence-corrected chi connectivity index (χ4v) is 5.42. The summed E-state index contributed by atoms with van der Waals surface area (Å²) < 4.78 is 13.6. The van der Waals surface area contributed by atoms with E-state index in [4.69, 9.17) is 21.7 Å². The molecule has 2 aromatic heterocycles. The van der Waals surface area contributed by atoms with E-state index in [1.807, 2.05) is 72.9 Å². The number of pyridine rings is 1. The maximum absolute atomic E-state index is 6.07. The largest absolute Gasteiger partial charge is 0.497 e. The van der Waals surface area contributed by atoms with E-state index in [1.165, 1.54) is 5.56 Å². The van der Waals surface area contributed by atoms with E-state index in [0.29, 0.717) is 5.11 Å². The van der Waals surface area contributed by atoms with Gasteiger partial charge in [0.1, 0.15) is 23.3 Å². The molecule has 0 unspecified atom stereocenters. The van der Waals surface area contributed by atoms with E-state index in [0.717, 1.165) is 40.0 Å². The fourth-order valence-electron chi connectivity index (χ4n) is 5.08. The van der Waals surface area contributed by atoms with Crippen LogP contribution in [0.2, 0.25) is 0 Å². The molecule has 0 saturated carbocycles. The number of aryl methyl sites for hydroxylation is 1. The Kier molecular flexibility index (Phi) is 6.73. The molecule has 5 aromatic rings. The summed E-state index contributed by atoms with van der Waals surface area (Å²) in [4.78, 5) is 6.87. The molecule has 1 fully saturated rings. The number of hydrogen-bond acceptors (Lipinski definition) is 4. The first-order valence-corrected chi connectivity index (χ1v) is 13.2. The second kappa shape index (κ2) is 10.6. The maximum atomic E-state index is 6.07. The van der Waals surface area contributed by atoms with Crippen LogP contribution in [0.25, 0.3) is 5.69 Å². The van der Waals surface area contributed by atoms with Gasteiger partial charge in [-0.3, -0.25) is 4.98 Å². The number of anilines is 1. The molecule has 0 radical (unpaired) electrons. The molecule has 7 heteroatoms. The molecule has 6 nitrogen and oxygen atoms in total. The molecule has 1 N–H and O–H groups in total. The molecule has 194 valence electrons. The molecule has 2 atom stereocenters. The number of methoxy groups -OCH3 is 1. The predicted octanol–water partition coefficient (Wildman–Crippen LogP) is 7.16. The second-order valence-corrected chi connectivity index (χ2v) is 9.74. The number of nitrogens with zero attached hydrogens (tertiary/aromatic N) is 3. The van der Waals surface area contributed by atoms with E-state index in [2.05, 4.69) is 69.3 Å². The number of aromatic nitrogens is 2. The third-order valence-corrected chi connectivity index (χ3v) is 7.28. The first kappa shape index (κ1) is 24.7. The summed E-state index contributed by atoms with van der Waals surface area (Å²) in [6, 6.07) is 33.9. The lowest BCUT2D eigenvalue weighted by molar-refractivity contribution is 0.413. The average Bonchev–Trinajstić information content (AvgIpc) is 3.59. The van der Waals surface area contributed by atoms with Crippen molar-refractivity contribution in [2.45, 2.75) is 19.0 Å². The molecule has 3 heterocycles. The lowest BCUT2D eigenvalue weighted by atomic mass is 10.0. The van der Waals surface area contributed by atoms with Crippen LogP contribution in [0.5, 0.6) is 17.2 Å². The SMILES string of the molecule is COc1ccc(Oc2ccc(N3C(=S)N[C@H](c4ccccn4)[C@H]3c3cccn3-c3ccccc3C)cc2)cc1. The number of hydrogen-bond donors (Lipinski definition) is 1. The van der Waals surface area contributed by atoms with Crippen molar-refractivity contribution in [2.75, 3.05) is 12.0 Å². The Hall–Kier alpha value is -4.62. The van der Waals surface area contributed by atoms with Crippen LogP contribution in [0.1, 0.15) is 29.0 Å². The lowest BCUT2D eigenvalue weighted by Gasteiger charge is -2.29. The number of rotatable bonds is 7. The van der Waals surface area contributed by atoms with Gasteiger partial charge in [0.15, 0.2) is 5.11 Å². The van der Waals surface area contributed by atoms with Crippen LogP contribution in [-0.4, -0.2) is 21.8 Å². The van der Waals surface area contributed by atoms with E-state index < -0.39 is 0 Å². The highest BCUT2D eigenvalue weighted by Gasteiger charge is 2.42. The standard InChI is InChI=1S/C32H28N4O2S/c1-22-8-3-4-10-28(22)35-21-7-11-29(35)31-30(27-9-5-6-20-33-27)34-32(39)36(31)23-12-14-25(15-13-23)38-26-18-16-24(37-2)17-19-26/h3-21,30-31H,1-2H3,(H,34,39)/t30-,31-/m1/s1. The summed E-state index contributed by atoms with van der Waals surface area (Å²) >= 11 is 5.93. The average molecular weight is 533 g/mol. The highest BCUT2D eigenvalue weighted by Crippen LogP contribution is 2.43. The van der Waals surface area contributed by atoms with Gasteiger partial charge < -0.3 is 24.3 Å². The monoisotopic (exact) mass is 532 g/mol. The van der Waals surface area contributed by atoms with Gasteiger partial charge in [0.05, 0.1) is 18.8 Å². The molecule has 1 saturated heterocycles. The summed E-state index contributed by atoms with van der Waals surface area (Å²) in [6.07, 6.45) is 3.93. The molecule has 1 aliphatic rings. The Morgan fingerprint density at radius 3 is 2.18 bits per heavy atom. The van der Waals surface area contributed by atoms with Crippen LogP contribution >= 0.6 is 12.2 Å². The molecule has 3 aromatic carbocycles. The fraction of sp³-hybridized carbons (Fsp3) is 0.125. The van der Waals surface area contributed by atoms with Gasteiger partial charge in [-0.05, 0) is 104 Å². The predicted molar refractivity (Wildman–Crippen MR) is 158 cm³/mol. The second-order valence-electron chi connectivity index (χ2n) is 9.36. The number of thiocarbonyl (C=S) groups is 1. The number of ether oxygens (including phenoxy) is 2. The number of benzene rings is 3. The Labute approximate surface area is 233 Å². The minimum Gasteiger partial charge on any atom is -0.497 e. The van der Waals surface area contributed by atoms with Gasteiger partial charge in [0, 0.05) is 29.5 Å². The molecule has 0 bridgehead atoms. The molecular formula is C32H28N4O2S. The summed E-state index contributed by atoms with van der Waals surface area (Å²) in [7, 11) is 1.65. The van der Waals surface area contributed by atoms with E-state index in [1.54, 1.807) is 7.11 Å². The van der Waals surface area contributed by atoms with E-state index >= 15 is 0 Å². The van der Waals surface area contributed by atoms with Gasteiger partial charge in [-0.15, -0.1) is 0 Å². The Balaban J connectivity index is 1.37. The molecule has 0 spiro atoms. The third kappa shape index (κ3) is 4.84. The highest BCUT2D eigenvalue weighted by molar-refractivity contribution is 7.80.